The number of amides is 2. The summed E-state index contributed by atoms with van der Waals surface area (Å²) in [6.45, 7) is 1.52. The van der Waals surface area contributed by atoms with E-state index in [2.05, 4.69) is 15.3 Å². The quantitative estimate of drug-likeness (QED) is 0.643. The SMILES string of the molecule is O=C(CCNC(=O)c1ccc(F)cc1F)OCC(=O)N1CCN(c2ncccn2)CC1. The Morgan fingerprint density at radius 2 is 1.77 bits per heavy atom. The number of anilines is 1. The van der Waals surface area contributed by atoms with E-state index in [1.165, 1.54) is 0 Å². The predicted molar refractivity (Wildman–Crippen MR) is 105 cm³/mol. The van der Waals surface area contributed by atoms with E-state index in [4.69, 9.17) is 4.74 Å². The molecule has 2 amide bonds. The molecule has 1 aromatic carbocycles. The molecule has 1 aliphatic heterocycles. The van der Waals surface area contributed by atoms with Crippen LogP contribution in [-0.2, 0) is 14.3 Å². The van der Waals surface area contributed by atoms with Crippen molar-refractivity contribution in [2.75, 3.05) is 44.2 Å². The Labute approximate surface area is 177 Å². The van der Waals surface area contributed by atoms with Crippen molar-refractivity contribution >= 4 is 23.7 Å². The maximum Gasteiger partial charge on any atom is 0.308 e. The largest absolute Gasteiger partial charge is 0.456 e. The second-order valence-electron chi connectivity index (χ2n) is 6.71. The molecule has 31 heavy (non-hydrogen) atoms. The molecule has 0 spiro atoms. The first-order valence-corrected chi connectivity index (χ1v) is 9.62. The van der Waals surface area contributed by atoms with Gasteiger partial charge in [0.2, 0.25) is 5.95 Å². The molecule has 0 saturated carbocycles. The highest BCUT2D eigenvalue weighted by molar-refractivity contribution is 5.94. The number of benzene rings is 1. The van der Waals surface area contributed by atoms with E-state index in [0.717, 1.165) is 12.1 Å². The van der Waals surface area contributed by atoms with Gasteiger partial charge in [-0.05, 0) is 18.2 Å². The lowest BCUT2D eigenvalue weighted by molar-refractivity contribution is -0.152. The summed E-state index contributed by atoms with van der Waals surface area (Å²) < 4.78 is 31.4. The van der Waals surface area contributed by atoms with Gasteiger partial charge < -0.3 is 19.9 Å². The van der Waals surface area contributed by atoms with Crippen LogP contribution in [0.5, 0.6) is 0 Å². The van der Waals surface area contributed by atoms with Crippen LogP contribution >= 0.6 is 0 Å². The Balaban J connectivity index is 1.34. The summed E-state index contributed by atoms with van der Waals surface area (Å²) in [5, 5.41) is 2.35. The van der Waals surface area contributed by atoms with Crippen molar-refractivity contribution in [3.8, 4) is 0 Å². The van der Waals surface area contributed by atoms with E-state index in [-0.39, 0.29) is 24.4 Å². The number of halogens is 2. The Morgan fingerprint density at radius 1 is 1.06 bits per heavy atom. The van der Waals surface area contributed by atoms with Gasteiger partial charge in [-0.3, -0.25) is 14.4 Å². The number of hydrogen-bond acceptors (Lipinski definition) is 7. The number of piperazine rings is 1. The average molecular weight is 433 g/mol. The minimum atomic E-state index is -0.996. The summed E-state index contributed by atoms with van der Waals surface area (Å²) >= 11 is 0. The van der Waals surface area contributed by atoms with Crippen LogP contribution in [0.2, 0.25) is 0 Å². The Hall–Kier alpha value is -3.63. The highest BCUT2D eigenvalue weighted by Gasteiger charge is 2.23. The number of hydrogen-bond donors (Lipinski definition) is 1. The summed E-state index contributed by atoms with van der Waals surface area (Å²) in [5.74, 6) is -2.96. The van der Waals surface area contributed by atoms with Crippen LogP contribution in [0.15, 0.2) is 36.7 Å². The molecule has 0 unspecified atom stereocenters. The summed E-state index contributed by atoms with van der Waals surface area (Å²) in [7, 11) is 0. The minimum absolute atomic E-state index is 0.113. The number of esters is 1. The van der Waals surface area contributed by atoms with E-state index in [1.54, 1.807) is 23.4 Å². The van der Waals surface area contributed by atoms with E-state index in [9.17, 15) is 23.2 Å². The van der Waals surface area contributed by atoms with Gasteiger partial charge in [0, 0.05) is 51.2 Å². The molecule has 1 aliphatic rings. The Bertz CT molecular complexity index is 936. The number of carbonyl (C=O) groups excluding carboxylic acids is 3. The van der Waals surface area contributed by atoms with Gasteiger partial charge in [0.25, 0.3) is 11.8 Å². The van der Waals surface area contributed by atoms with Gasteiger partial charge in [0.1, 0.15) is 11.6 Å². The lowest BCUT2D eigenvalue weighted by Gasteiger charge is -2.34. The first kappa shape index (κ1) is 22.1. The first-order valence-electron chi connectivity index (χ1n) is 9.62. The molecule has 0 aliphatic carbocycles. The van der Waals surface area contributed by atoms with Gasteiger partial charge >= 0.3 is 5.97 Å². The Kier molecular flexibility index (Phi) is 7.41. The van der Waals surface area contributed by atoms with Crippen LogP contribution in [-0.4, -0.2) is 72.0 Å². The molecule has 1 saturated heterocycles. The highest BCUT2D eigenvalue weighted by Crippen LogP contribution is 2.10. The molecule has 164 valence electrons. The fourth-order valence-electron chi connectivity index (χ4n) is 2.96. The third kappa shape index (κ3) is 6.17. The fraction of sp³-hybridized carbons (Fsp3) is 0.350. The van der Waals surface area contributed by atoms with Crippen molar-refractivity contribution in [3.05, 3.63) is 53.9 Å². The molecule has 3 rings (SSSR count). The van der Waals surface area contributed by atoms with Crippen molar-refractivity contribution in [1.29, 1.82) is 0 Å². The van der Waals surface area contributed by atoms with E-state index >= 15 is 0 Å². The maximum absolute atomic E-state index is 13.5. The third-order valence-electron chi connectivity index (χ3n) is 4.61. The van der Waals surface area contributed by atoms with Crippen molar-refractivity contribution in [3.63, 3.8) is 0 Å². The number of nitrogens with one attached hydrogen (secondary N) is 1. The summed E-state index contributed by atoms with van der Waals surface area (Å²) in [6, 6.07) is 4.30. The maximum atomic E-state index is 13.5. The normalized spacial score (nSPS) is 13.6. The zero-order valence-corrected chi connectivity index (χ0v) is 16.6. The van der Waals surface area contributed by atoms with Crippen LogP contribution in [0.4, 0.5) is 14.7 Å². The van der Waals surface area contributed by atoms with Crippen molar-refractivity contribution in [1.82, 2.24) is 20.2 Å². The van der Waals surface area contributed by atoms with E-state index < -0.39 is 30.1 Å². The highest BCUT2D eigenvalue weighted by atomic mass is 19.1. The summed E-state index contributed by atoms with van der Waals surface area (Å²) in [5.41, 5.74) is -0.329. The smallest absolute Gasteiger partial charge is 0.308 e. The van der Waals surface area contributed by atoms with Crippen LogP contribution in [0.25, 0.3) is 0 Å². The molecular weight excluding hydrogens is 412 g/mol. The lowest BCUT2D eigenvalue weighted by atomic mass is 10.2. The second kappa shape index (κ2) is 10.4. The molecule has 11 heteroatoms. The van der Waals surface area contributed by atoms with E-state index in [1.807, 2.05) is 4.90 Å². The van der Waals surface area contributed by atoms with Gasteiger partial charge in [-0.15, -0.1) is 0 Å². The van der Waals surface area contributed by atoms with Crippen LogP contribution in [0.1, 0.15) is 16.8 Å². The lowest BCUT2D eigenvalue weighted by Crippen LogP contribution is -2.50. The van der Waals surface area contributed by atoms with Gasteiger partial charge in [0.05, 0.1) is 12.0 Å². The molecule has 1 N–H and O–H groups in total. The van der Waals surface area contributed by atoms with Gasteiger partial charge in [0.15, 0.2) is 6.61 Å². The fourth-order valence-corrected chi connectivity index (χ4v) is 2.96. The molecule has 0 bridgehead atoms. The Morgan fingerprint density at radius 3 is 2.45 bits per heavy atom. The topological polar surface area (TPSA) is 105 Å². The van der Waals surface area contributed by atoms with E-state index in [0.29, 0.717) is 38.2 Å². The van der Waals surface area contributed by atoms with Crippen LogP contribution in [0, 0.1) is 11.6 Å². The summed E-state index contributed by atoms with van der Waals surface area (Å²) in [4.78, 5) is 47.8. The number of carbonyl (C=O) groups is 3. The zero-order chi connectivity index (χ0) is 22.2. The molecule has 2 heterocycles. The van der Waals surface area contributed by atoms with Crippen molar-refractivity contribution < 1.29 is 27.9 Å². The molecule has 2 aromatic rings. The summed E-state index contributed by atoms with van der Waals surface area (Å²) in [6.07, 6.45) is 3.11. The first-order chi connectivity index (χ1) is 14.9. The number of nitrogens with zero attached hydrogens (tertiary/aromatic N) is 4. The average Bonchev–Trinajstić information content (AvgIpc) is 2.78. The van der Waals surface area contributed by atoms with Gasteiger partial charge in [-0.1, -0.05) is 0 Å². The molecule has 0 radical (unpaired) electrons. The van der Waals surface area contributed by atoms with Crippen molar-refractivity contribution in [2.45, 2.75) is 6.42 Å². The number of ether oxygens (including phenoxy) is 1. The second-order valence-corrected chi connectivity index (χ2v) is 6.71. The molecule has 0 atom stereocenters. The minimum Gasteiger partial charge on any atom is -0.456 e. The van der Waals surface area contributed by atoms with Gasteiger partial charge in [-0.25, -0.2) is 18.7 Å². The number of aromatic nitrogens is 2. The van der Waals surface area contributed by atoms with Gasteiger partial charge in [-0.2, -0.15) is 0 Å². The predicted octanol–water partition coefficient (Wildman–Crippen LogP) is 0.767. The third-order valence-corrected chi connectivity index (χ3v) is 4.61. The molecular formula is C20H21F2N5O4. The standard InChI is InChI=1S/C20H21F2N5O4/c21-14-2-3-15(16(22)12-14)19(30)23-7-4-18(29)31-13-17(28)26-8-10-27(11-9-26)20-24-5-1-6-25-20/h1-3,5-6,12H,4,7-11,13H2,(H,23,30). The molecule has 9 nitrogen and oxygen atoms in total. The number of rotatable bonds is 7. The van der Waals surface area contributed by atoms with Crippen LogP contribution < -0.4 is 10.2 Å². The molecule has 1 aromatic heterocycles. The van der Waals surface area contributed by atoms with Crippen LogP contribution in [0.3, 0.4) is 0 Å². The zero-order valence-electron chi connectivity index (χ0n) is 16.6. The van der Waals surface area contributed by atoms with Crippen molar-refractivity contribution in [2.24, 2.45) is 0 Å². The monoisotopic (exact) mass is 433 g/mol. The molecule has 1 fully saturated rings.